The summed E-state index contributed by atoms with van der Waals surface area (Å²) in [5, 5.41) is 2.74. The first-order valence-electron chi connectivity index (χ1n) is 9.27. The Morgan fingerprint density at radius 2 is 1.41 bits per heavy atom. The van der Waals surface area contributed by atoms with Crippen molar-refractivity contribution in [3.8, 4) is 17.2 Å². The van der Waals surface area contributed by atoms with Crippen LogP contribution in [0.5, 0.6) is 17.2 Å². The third kappa shape index (κ3) is 5.61. The number of hydrogen-bond donors (Lipinski definition) is 2. The number of carbonyl (C=O) groups is 1. The van der Waals surface area contributed by atoms with Gasteiger partial charge in [-0.15, -0.1) is 0 Å². The Morgan fingerprint density at radius 3 is 1.86 bits per heavy atom. The first kappa shape index (κ1) is 22.5. The zero-order valence-corrected chi connectivity index (χ0v) is 17.8. The molecule has 2 N–H and O–H groups in total. The normalized spacial score (nSPS) is 11.0. The summed E-state index contributed by atoms with van der Waals surface area (Å²) >= 11 is 0. The number of nitrogens with one attached hydrogen (secondary N) is 2. The van der Waals surface area contributed by atoms with E-state index in [1.54, 1.807) is 12.1 Å². The van der Waals surface area contributed by atoms with Crippen LogP contribution in [-0.2, 0) is 10.0 Å². The van der Waals surface area contributed by atoms with Gasteiger partial charge in [-0.3, -0.25) is 4.79 Å². The van der Waals surface area contributed by atoms with Gasteiger partial charge in [0.1, 0.15) is 0 Å². The van der Waals surface area contributed by atoms with Gasteiger partial charge in [0.2, 0.25) is 15.8 Å². The Hall–Kier alpha value is -2.78. The molecule has 0 spiro atoms. The number of anilines is 1. The quantitative estimate of drug-likeness (QED) is 0.610. The molecular formula is C20H26N2O6S. The molecule has 9 heteroatoms. The van der Waals surface area contributed by atoms with Crippen LogP contribution in [0.1, 0.15) is 31.1 Å². The zero-order valence-electron chi connectivity index (χ0n) is 16.9. The van der Waals surface area contributed by atoms with Crippen molar-refractivity contribution in [1.82, 2.24) is 4.72 Å². The molecule has 2 rings (SSSR count). The van der Waals surface area contributed by atoms with Crippen LogP contribution in [0.2, 0.25) is 0 Å². The molecule has 0 heterocycles. The highest BCUT2D eigenvalue weighted by molar-refractivity contribution is 7.89. The van der Waals surface area contributed by atoms with Crippen molar-refractivity contribution >= 4 is 21.6 Å². The second-order valence-corrected chi connectivity index (χ2v) is 7.67. The van der Waals surface area contributed by atoms with E-state index < -0.39 is 10.0 Å². The molecule has 0 saturated heterocycles. The van der Waals surface area contributed by atoms with E-state index in [1.807, 2.05) is 20.8 Å². The second kappa shape index (κ2) is 10.1. The van der Waals surface area contributed by atoms with Crippen LogP contribution in [0.25, 0.3) is 0 Å². The SMILES string of the molecule is CCOc1cc(C(=O)Nc2ccc(S(=O)(=O)NC)cc2)cc(OCC)c1OCC. The predicted octanol–water partition coefficient (Wildman–Crippen LogP) is 3.04. The molecule has 0 fully saturated rings. The zero-order chi connectivity index (χ0) is 21.4. The van der Waals surface area contributed by atoms with E-state index in [9.17, 15) is 13.2 Å². The summed E-state index contributed by atoms with van der Waals surface area (Å²) in [6.07, 6.45) is 0. The molecule has 0 radical (unpaired) electrons. The van der Waals surface area contributed by atoms with Crippen molar-refractivity contribution in [1.29, 1.82) is 0 Å². The Kier molecular flexibility index (Phi) is 7.86. The molecule has 0 unspecified atom stereocenters. The molecular weight excluding hydrogens is 396 g/mol. The number of amides is 1. The van der Waals surface area contributed by atoms with Crippen LogP contribution < -0.4 is 24.2 Å². The Morgan fingerprint density at radius 1 is 0.897 bits per heavy atom. The lowest BCUT2D eigenvalue weighted by Crippen LogP contribution is -2.18. The highest BCUT2D eigenvalue weighted by Gasteiger charge is 2.19. The fraction of sp³-hybridized carbons (Fsp3) is 0.350. The van der Waals surface area contributed by atoms with Gasteiger partial charge in [-0.05, 0) is 64.2 Å². The molecule has 2 aromatic rings. The maximum Gasteiger partial charge on any atom is 0.255 e. The first-order valence-corrected chi connectivity index (χ1v) is 10.8. The minimum absolute atomic E-state index is 0.108. The molecule has 2 aromatic carbocycles. The maximum absolute atomic E-state index is 12.7. The largest absolute Gasteiger partial charge is 0.490 e. The van der Waals surface area contributed by atoms with Crippen molar-refractivity contribution in [2.24, 2.45) is 0 Å². The topological polar surface area (TPSA) is 103 Å². The number of rotatable bonds is 10. The van der Waals surface area contributed by atoms with Crippen LogP contribution in [0, 0.1) is 0 Å². The molecule has 0 atom stereocenters. The summed E-state index contributed by atoms with van der Waals surface area (Å²) in [4.78, 5) is 12.8. The summed E-state index contributed by atoms with van der Waals surface area (Å²) in [5.41, 5.74) is 0.780. The van der Waals surface area contributed by atoms with Crippen LogP contribution in [0.15, 0.2) is 41.3 Å². The van der Waals surface area contributed by atoms with Crippen molar-refractivity contribution in [3.63, 3.8) is 0 Å². The van der Waals surface area contributed by atoms with Gasteiger partial charge in [0.15, 0.2) is 11.5 Å². The summed E-state index contributed by atoms with van der Waals surface area (Å²) in [6.45, 7) is 6.75. The molecule has 0 saturated carbocycles. The van der Waals surface area contributed by atoms with Gasteiger partial charge in [-0.1, -0.05) is 0 Å². The monoisotopic (exact) mass is 422 g/mol. The number of benzene rings is 2. The molecule has 29 heavy (non-hydrogen) atoms. The van der Waals surface area contributed by atoms with Gasteiger partial charge in [-0.2, -0.15) is 0 Å². The van der Waals surface area contributed by atoms with Crippen LogP contribution in [0.3, 0.4) is 0 Å². The van der Waals surface area contributed by atoms with Crippen molar-refractivity contribution in [2.75, 3.05) is 32.2 Å². The Balaban J connectivity index is 2.32. The van der Waals surface area contributed by atoms with Gasteiger partial charge < -0.3 is 19.5 Å². The minimum atomic E-state index is -3.54. The Labute approximate surface area is 171 Å². The fourth-order valence-electron chi connectivity index (χ4n) is 2.56. The van der Waals surface area contributed by atoms with E-state index in [0.29, 0.717) is 48.3 Å². The van der Waals surface area contributed by atoms with E-state index >= 15 is 0 Å². The van der Waals surface area contributed by atoms with E-state index in [-0.39, 0.29) is 10.8 Å². The lowest BCUT2D eigenvalue weighted by atomic mass is 10.1. The predicted molar refractivity (Wildman–Crippen MR) is 111 cm³/mol. The molecule has 0 aliphatic carbocycles. The van der Waals surface area contributed by atoms with Crippen molar-refractivity contribution in [3.05, 3.63) is 42.0 Å². The third-order valence-corrected chi connectivity index (χ3v) is 5.29. The molecule has 158 valence electrons. The highest BCUT2D eigenvalue weighted by Crippen LogP contribution is 2.39. The van der Waals surface area contributed by atoms with Crippen molar-refractivity contribution < 1.29 is 27.4 Å². The summed E-state index contributed by atoms with van der Waals surface area (Å²) in [6, 6.07) is 9.04. The number of hydrogen-bond acceptors (Lipinski definition) is 6. The second-order valence-electron chi connectivity index (χ2n) is 5.79. The van der Waals surface area contributed by atoms with E-state index in [2.05, 4.69) is 10.0 Å². The summed E-state index contributed by atoms with van der Waals surface area (Å²) < 4.78 is 42.7. The van der Waals surface area contributed by atoms with E-state index in [0.717, 1.165) is 0 Å². The van der Waals surface area contributed by atoms with Gasteiger partial charge in [0.25, 0.3) is 5.91 Å². The average molecular weight is 423 g/mol. The molecule has 1 amide bonds. The third-order valence-electron chi connectivity index (χ3n) is 3.86. The van der Waals surface area contributed by atoms with Crippen molar-refractivity contribution in [2.45, 2.75) is 25.7 Å². The number of carbonyl (C=O) groups excluding carboxylic acids is 1. The summed E-state index contributed by atoms with van der Waals surface area (Å²) in [5.74, 6) is 0.898. The smallest absolute Gasteiger partial charge is 0.255 e. The van der Waals surface area contributed by atoms with E-state index in [1.165, 1.54) is 31.3 Å². The van der Waals surface area contributed by atoms with Crippen LogP contribution >= 0.6 is 0 Å². The molecule has 8 nitrogen and oxygen atoms in total. The molecule has 0 aliphatic heterocycles. The van der Waals surface area contributed by atoms with Crippen LogP contribution in [0.4, 0.5) is 5.69 Å². The lowest BCUT2D eigenvalue weighted by molar-refractivity contribution is 0.102. The van der Waals surface area contributed by atoms with Gasteiger partial charge >= 0.3 is 0 Å². The van der Waals surface area contributed by atoms with Crippen LogP contribution in [-0.4, -0.2) is 41.2 Å². The number of sulfonamides is 1. The highest BCUT2D eigenvalue weighted by atomic mass is 32.2. The minimum Gasteiger partial charge on any atom is -0.490 e. The first-order chi connectivity index (χ1) is 13.9. The maximum atomic E-state index is 12.7. The molecule has 0 aromatic heterocycles. The fourth-order valence-corrected chi connectivity index (χ4v) is 3.29. The summed E-state index contributed by atoms with van der Waals surface area (Å²) in [7, 11) is -2.20. The Bertz CT molecular complexity index is 915. The van der Waals surface area contributed by atoms with Gasteiger partial charge in [0.05, 0.1) is 24.7 Å². The van der Waals surface area contributed by atoms with Gasteiger partial charge in [0, 0.05) is 11.3 Å². The number of ether oxygens (including phenoxy) is 3. The molecule has 0 aliphatic rings. The van der Waals surface area contributed by atoms with E-state index in [4.69, 9.17) is 14.2 Å². The lowest BCUT2D eigenvalue weighted by Gasteiger charge is -2.17. The van der Waals surface area contributed by atoms with Gasteiger partial charge in [-0.25, -0.2) is 13.1 Å². The average Bonchev–Trinajstić information content (AvgIpc) is 2.71. The molecule has 0 bridgehead atoms. The standard InChI is InChI=1S/C20H26N2O6S/c1-5-26-17-12-14(13-18(27-6-2)19(17)28-7-3)20(23)22-15-8-10-16(11-9-15)29(24,25)21-4/h8-13,21H,5-7H2,1-4H3,(H,22,23).